The second-order valence-corrected chi connectivity index (χ2v) is 3.97. The number of hydrogen-bond acceptors (Lipinski definition) is 4. The van der Waals surface area contributed by atoms with Crippen LogP contribution in [0.1, 0.15) is 23.0 Å². The minimum Gasteiger partial charge on any atom is -0.462 e. The first kappa shape index (κ1) is 13.0. The Balaban J connectivity index is 2.65. The Morgan fingerprint density at radius 1 is 1.32 bits per heavy atom. The van der Waals surface area contributed by atoms with Gasteiger partial charge in [0.25, 0.3) is 0 Å². The number of carbonyl (C=O) groups is 1. The molecule has 0 saturated heterocycles. The zero-order valence-electron chi connectivity index (χ0n) is 10.8. The zero-order chi connectivity index (χ0) is 13.8. The van der Waals surface area contributed by atoms with E-state index in [1.165, 1.54) is 0 Å². The number of nitrogens with one attached hydrogen (secondary N) is 1. The third kappa shape index (κ3) is 2.54. The molecule has 0 atom stereocenters. The van der Waals surface area contributed by atoms with Gasteiger partial charge in [-0.25, -0.2) is 4.79 Å². The molecule has 1 N–H and O–H groups in total. The molecule has 0 unspecified atom stereocenters. The van der Waals surface area contributed by atoms with E-state index < -0.39 is 11.4 Å². The fraction of sp³-hybridized carbons (Fsp3) is 0.214. The van der Waals surface area contributed by atoms with Crippen LogP contribution >= 0.6 is 0 Å². The largest absolute Gasteiger partial charge is 0.462 e. The van der Waals surface area contributed by atoms with Gasteiger partial charge >= 0.3 is 5.97 Å². The van der Waals surface area contributed by atoms with Crippen LogP contribution in [-0.4, -0.2) is 22.8 Å². The molecule has 98 valence electrons. The van der Waals surface area contributed by atoms with Gasteiger partial charge < -0.3 is 4.74 Å². The molecule has 1 aromatic carbocycles. The highest BCUT2D eigenvalue weighted by Crippen LogP contribution is 2.19. The van der Waals surface area contributed by atoms with Gasteiger partial charge in [0.05, 0.1) is 12.3 Å². The van der Waals surface area contributed by atoms with Crippen LogP contribution in [0.4, 0.5) is 0 Å². The predicted octanol–water partition coefficient (Wildman–Crippen LogP) is 1.92. The lowest BCUT2D eigenvalue weighted by atomic mass is 10.1. The van der Waals surface area contributed by atoms with Gasteiger partial charge in [-0.15, -0.1) is 0 Å². The number of rotatable bonds is 3. The third-order valence-electron chi connectivity index (χ3n) is 2.68. The average molecular weight is 258 g/mol. The molecule has 0 spiro atoms. The summed E-state index contributed by atoms with van der Waals surface area (Å²) in [4.78, 5) is 24.0. The van der Waals surface area contributed by atoms with Crippen molar-refractivity contribution in [1.82, 2.24) is 10.2 Å². The molecule has 5 heteroatoms. The van der Waals surface area contributed by atoms with E-state index in [9.17, 15) is 9.59 Å². The van der Waals surface area contributed by atoms with Gasteiger partial charge in [0, 0.05) is 5.56 Å². The summed E-state index contributed by atoms with van der Waals surface area (Å²) in [6.45, 7) is 3.46. The van der Waals surface area contributed by atoms with Crippen molar-refractivity contribution in [2.45, 2.75) is 13.8 Å². The first-order valence-corrected chi connectivity index (χ1v) is 5.97. The molecule has 0 aliphatic heterocycles. The SMILES string of the molecule is CCOC(=O)c1c(-c2ccccc2)[nH]nc(C)c1=O. The molecule has 0 radical (unpaired) electrons. The van der Waals surface area contributed by atoms with Crippen molar-refractivity contribution < 1.29 is 9.53 Å². The molecule has 1 heterocycles. The highest BCUT2D eigenvalue weighted by Gasteiger charge is 2.20. The van der Waals surface area contributed by atoms with E-state index in [1.807, 2.05) is 18.2 Å². The van der Waals surface area contributed by atoms with Crippen molar-refractivity contribution >= 4 is 5.97 Å². The van der Waals surface area contributed by atoms with Gasteiger partial charge in [-0.1, -0.05) is 30.3 Å². The molecule has 1 aromatic heterocycles. The summed E-state index contributed by atoms with van der Waals surface area (Å²) in [5, 5.41) is 6.66. The number of aryl methyl sites for hydroxylation is 1. The van der Waals surface area contributed by atoms with E-state index in [2.05, 4.69) is 10.2 Å². The fourth-order valence-corrected chi connectivity index (χ4v) is 1.75. The summed E-state index contributed by atoms with van der Waals surface area (Å²) < 4.78 is 4.94. The zero-order valence-corrected chi connectivity index (χ0v) is 10.8. The quantitative estimate of drug-likeness (QED) is 0.854. The van der Waals surface area contributed by atoms with Crippen LogP contribution in [0.25, 0.3) is 11.3 Å². The molecule has 0 fully saturated rings. The molecular weight excluding hydrogens is 244 g/mol. The average Bonchev–Trinajstić information content (AvgIpc) is 2.42. The Hall–Kier alpha value is -2.43. The van der Waals surface area contributed by atoms with Crippen molar-refractivity contribution in [3.8, 4) is 11.3 Å². The molecule has 0 aliphatic rings. The summed E-state index contributed by atoms with van der Waals surface area (Å²) in [7, 11) is 0. The normalized spacial score (nSPS) is 10.2. The summed E-state index contributed by atoms with van der Waals surface area (Å²) in [6.07, 6.45) is 0. The van der Waals surface area contributed by atoms with Gasteiger partial charge in [-0.2, -0.15) is 5.10 Å². The van der Waals surface area contributed by atoms with Gasteiger partial charge in [0.1, 0.15) is 11.3 Å². The minimum atomic E-state index is -0.631. The van der Waals surface area contributed by atoms with Gasteiger partial charge in [0.15, 0.2) is 0 Å². The van der Waals surface area contributed by atoms with E-state index in [1.54, 1.807) is 26.0 Å². The Kier molecular flexibility index (Phi) is 3.75. The third-order valence-corrected chi connectivity index (χ3v) is 2.68. The summed E-state index contributed by atoms with van der Waals surface area (Å²) in [5.41, 5.74) is 0.934. The number of H-pyrrole nitrogens is 1. The molecule has 0 saturated carbocycles. The number of nitrogens with zero attached hydrogens (tertiary/aromatic N) is 1. The van der Waals surface area contributed by atoms with Crippen molar-refractivity contribution in [3.63, 3.8) is 0 Å². The maximum atomic E-state index is 12.1. The van der Waals surface area contributed by atoms with E-state index >= 15 is 0 Å². The summed E-state index contributed by atoms with van der Waals surface area (Å²) in [5.74, 6) is -0.631. The number of hydrogen-bond donors (Lipinski definition) is 1. The summed E-state index contributed by atoms with van der Waals surface area (Å²) >= 11 is 0. The second kappa shape index (κ2) is 5.48. The van der Waals surface area contributed by atoms with Crippen LogP contribution in [0.15, 0.2) is 35.1 Å². The van der Waals surface area contributed by atoms with E-state index in [0.29, 0.717) is 5.69 Å². The molecule has 2 aromatic rings. The maximum Gasteiger partial charge on any atom is 0.344 e. The van der Waals surface area contributed by atoms with E-state index in [-0.39, 0.29) is 17.9 Å². The highest BCUT2D eigenvalue weighted by molar-refractivity contribution is 5.95. The number of benzene rings is 1. The molecule has 0 amide bonds. The highest BCUT2D eigenvalue weighted by atomic mass is 16.5. The fourth-order valence-electron chi connectivity index (χ4n) is 1.75. The van der Waals surface area contributed by atoms with Crippen LogP contribution < -0.4 is 5.43 Å². The van der Waals surface area contributed by atoms with Gasteiger partial charge in [-0.3, -0.25) is 9.89 Å². The van der Waals surface area contributed by atoms with E-state index in [0.717, 1.165) is 5.56 Å². The van der Waals surface area contributed by atoms with Crippen LogP contribution in [0.2, 0.25) is 0 Å². The van der Waals surface area contributed by atoms with Crippen LogP contribution in [0.3, 0.4) is 0 Å². The smallest absolute Gasteiger partial charge is 0.344 e. The van der Waals surface area contributed by atoms with Crippen molar-refractivity contribution in [1.29, 1.82) is 0 Å². The standard InChI is InChI=1S/C14H14N2O3/c1-3-19-14(18)11-12(10-7-5-4-6-8-10)16-15-9(2)13(11)17/h4-8H,3H2,1-2H3,(H,16,17). The lowest BCUT2D eigenvalue weighted by Gasteiger charge is -2.08. The topological polar surface area (TPSA) is 72.1 Å². The Bertz CT molecular complexity index is 647. The van der Waals surface area contributed by atoms with Crippen molar-refractivity contribution in [2.24, 2.45) is 0 Å². The number of aromatic nitrogens is 2. The lowest BCUT2D eigenvalue weighted by molar-refractivity contribution is 0.0525. The maximum absolute atomic E-state index is 12.1. The van der Waals surface area contributed by atoms with Gasteiger partial charge in [0.2, 0.25) is 5.43 Å². The van der Waals surface area contributed by atoms with E-state index in [4.69, 9.17) is 4.74 Å². The number of ether oxygens (including phenoxy) is 1. The van der Waals surface area contributed by atoms with Crippen molar-refractivity contribution in [3.05, 3.63) is 51.8 Å². The first-order valence-electron chi connectivity index (χ1n) is 5.97. The van der Waals surface area contributed by atoms with Gasteiger partial charge in [-0.05, 0) is 13.8 Å². The number of aromatic amines is 1. The first-order chi connectivity index (χ1) is 9.15. The summed E-state index contributed by atoms with van der Waals surface area (Å²) in [6, 6.07) is 9.09. The molecule has 5 nitrogen and oxygen atoms in total. The monoisotopic (exact) mass is 258 g/mol. The Morgan fingerprint density at radius 2 is 2.00 bits per heavy atom. The molecule has 2 rings (SSSR count). The van der Waals surface area contributed by atoms with Crippen LogP contribution in [-0.2, 0) is 4.74 Å². The lowest BCUT2D eigenvalue weighted by Crippen LogP contribution is -2.23. The van der Waals surface area contributed by atoms with Crippen molar-refractivity contribution in [2.75, 3.05) is 6.61 Å². The molecule has 0 aliphatic carbocycles. The molecule has 0 bridgehead atoms. The Morgan fingerprint density at radius 3 is 2.63 bits per heavy atom. The Labute approximate surface area is 110 Å². The number of carbonyl (C=O) groups excluding carboxylic acids is 1. The predicted molar refractivity (Wildman–Crippen MR) is 71.0 cm³/mol. The molecular formula is C14H14N2O3. The molecule has 19 heavy (non-hydrogen) atoms. The second-order valence-electron chi connectivity index (χ2n) is 3.97. The van der Waals surface area contributed by atoms with Crippen LogP contribution in [0.5, 0.6) is 0 Å². The van der Waals surface area contributed by atoms with Crippen LogP contribution in [0, 0.1) is 6.92 Å². The number of esters is 1. The minimum absolute atomic E-state index is 0.000509.